The summed E-state index contributed by atoms with van der Waals surface area (Å²) in [5, 5.41) is 17.6. The summed E-state index contributed by atoms with van der Waals surface area (Å²) in [7, 11) is 0. The minimum atomic E-state index is -1.24. The van der Waals surface area contributed by atoms with E-state index in [-0.39, 0.29) is 18.8 Å². The number of aliphatic hydroxyl groups is 1. The number of aliphatic carboxylic acids is 1. The van der Waals surface area contributed by atoms with Crippen LogP contribution in [0.25, 0.3) is 0 Å². The fraction of sp³-hybridized carbons (Fsp3) is 0.250. The number of carbonyl (C=O) groups is 1. The third kappa shape index (κ3) is 5.54. The highest BCUT2D eigenvalue weighted by Gasteiger charge is 2.03. The van der Waals surface area contributed by atoms with Crippen molar-refractivity contribution in [2.45, 2.75) is 12.5 Å². The lowest BCUT2D eigenvalue weighted by molar-refractivity contribution is -0.130. The van der Waals surface area contributed by atoms with Crippen molar-refractivity contribution in [3.63, 3.8) is 0 Å². The summed E-state index contributed by atoms with van der Waals surface area (Å²) in [6.45, 7) is -0.0278. The van der Waals surface area contributed by atoms with E-state index < -0.39 is 12.1 Å². The molecular formula is C12H11FO4. The van der Waals surface area contributed by atoms with Gasteiger partial charge in [-0.1, -0.05) is 5.92 Å². The van der Waals surface area contributed by atoms with Gasteiger partial charge in [0.15, 0.2) is 0 Å². The number of carboxylic acid groups (broad SMARTS) is 1. The van der Waals surface area contributed by atoms with Gasteiger partial charge in [0.2, 0.25) is 0 Å². The van der Waals surface area contributed by atoms with E-state index in [4.69, 9.17) is 9.84 Å². The number of halogens is 1. The van der Waals surface area contributed by atoms with E-state index in [9.17, 15) is 14.3 Å². The molecule has 1 aromatic rings. The van der Waals surface area contributed by atoms with Crippen LogP contribution in [0.5, 0.6) is 5.75 Å². The Morgan fingerprint density at radius 2 is 2.06 bits per heavy atom. The Balaban J connectivity index is 2.33. The number of hydrogen-bond donors (Lipinski definition) is 2. The van der Waals surface area contributed by atoms with E-state index in [1.807, 2.05) is 5.92 Å². The second-order valence-corrected chi connectivity index (χ2v) is 3.23. The maximum absolute atomic E-state index is 12.5. The van der Waals surface area contributed by atoms with Gasteiger partial charge >= 0.3 is 5.97 Å². The van der Waals surface area contributed by atoms with Crippen LogP contribution in [0.15, 0.2) is 24.3 Å². The Kier molecular flexibility index (Phi) is 4.98. The van der Waals surface area contributed by atoms with Gasteiger partial charge in [0, 0.05) is 12.3 Å². The van der Waals surface area contributed by atoms with E-state index >= 15 is 0 Å². The van der Waals surface area contributed by atoms with E-state index in [0.29, 0.717) is 5.75 Å². The molecule has 0 fully saturated rings. The lowest BCUT2D eigenvalue weighted by Crippen LogP contribution is -2.16. The Morgan fingerprint density at radius 3 is 2.65 bits per heavy atom. The van der Waals surface area contributed by atoms with Crippen molar-refractivity contribution in [1.29, 1.82) is 0 Å². The predicted octanol–water partition coefficient (Wildman–Crippen LogP) is 1.04. The highest BCUT2D eigenvalue weighted by molar-refractivity contribution is 5.86. The van der Waals surface area contributed by atoms with Crippen LogP contribution in [0.3, 0.4) is 0 Å². The van der Waals surface area contributed by atoms with Crippen molar-refractivity contribution in [2.24, 2.45) is 0 Å². The average Bonchev–Trinajstić information content (AvgIpc) is 2.28. The maximum Gasteiger partial charge on any atom is 0.381 e. The average molecular weight is 238 g/mol. The van der Waals surface area contributed by atoms with Crippen LogP contribution in [-0.2, 0) is 4.79 Å². The second-order valence-electron chi connectivity index (χ2n) is 3.23. The first kappa shape index (κ1) is 13.0. The molecule has 0 saturated carbocycles. The molecule has 1 aromatic carbocycles. The van der Waals surface area contributed by atoms with E-state index in [0.717, 1.165) is 0 Å². The quantitative estimate of drug-likeness (QED) is 0.769. The number of aliphatic hydroxyl groups excluding tert-OH is 1. The molecular weight excluding hydrogens is 227 g/mol. The van der Waals surface area contributed by atoms with Crippen LogP contribution in [0, 0.1) is 17.7 Å². The number of hydrogen-bond acceptors (Lipinski definition) is 3. The van der Waals surface area contributed by atoms with Crippen molar-refractivity contribution < 1.29 is 24.1 Å². The molecule has 0 aliphatic heterocycles. The molecule has 0 amide bonds. The molecule has 0 aromatic heterocycles. The number of benzene rings is 1. The minimum Gasteiger partial charge on any atom is -0.491 e. The third-order valence-electron chi connectivity index (χ3n) is 1.79. The molecule has 0 spiro atoms. The zero-order valence-electron chi connectivity index (χ0n) is 8.89. The van der Waals surface area contributed by atoms with Crippen LogP contribution in [-0.4, -0.2) is 28.9 Å². The molecule has 0 radical (unpaired) electrons. The molecule has 90 valence electrons. The Morgan fingerprint density at radius 1 is 1.41 bits per heavy atom. The summed E-state index contributed by atoms with van der Waals surface area (Å²) in [5.74, 6) is 2.99. The van der Waals surface area contributed by atoms with Crippen LogP contribution in [0.4, 0.5) is 4.39 Å². The van der Waals surface area contributed by atoms with Gasteiger partial charge in [0.05, 0.1) is 6.10 Å². The molecule has 1 atom stereocenters. The first-order chi connectivity index (χ1) is 8.08. The lowest BCUT2D eigenvalue weighted by Gasteiger charge is -2.09. The topological polar surface area (TPSA) is 66.8 Å². The lowest BCUT2D eigenvalue weighted by atomic mass is 10.2. The Labute approximate surface area is 97.6 Å². The van der Waals surface area contributed by atoms with Crippen molar-refractivity contribution >= 4 is 5.97 Å². The van der Waals surface area contributed by atoms with E-state index in [1.165, 1.54) is 24.3 Å². The Bertz CT molecular complexity index is 430. The SMILES string of the molecule is O=C(O)C#CCC(O)COc1ccc(F)cc1. The number of ether oxygens (including phenoxy) is 1. The fourth-order valence-corrected chi connectivity index (χ4v) is 1.03. The Hall–Kier alpha value is -2.06. The minimum absolute atomic E-state index is 0.00744. The van der Waals surface area contributed by atoms with E-state index in [2.05, 4.69) is 5.92 Å². The van der Waals surface area contributed by atoms with Crippen molar-refractivity contribution in [1.82, 2.24) is 0 Å². The zero-order chi connectivity index (χ0) is 12.7. The summed E-state index contributed by atoms with van der Waals surface area (Å²) >= 11 is 0. The van der Waals surface area contributed by atoms with Gasteiger partial charge in [-0.3, -0.25) is 0 Å². The molecule has 0 aliphatic rings. The molecule has 0 heterocycles. The van der Waals surface area contributed by atoms with Gasteiger partial charge < -0.3 is 14.9 Å². The summed E-state index contributed by atoms with van der Waals surface area (Å²) in [4.78, 5) is 10.1. The predicted molar refractivity (Wildman–Crippen MR) is 57.9 cm³/mol. The van der Waals surface area contributed by atoms with Gasteiger partial charge in [0.1, 0.15) is 18.2 Å². The molecule has 0 bridgehead atoms. The summed E-state index contributed by atoms with van der Waals surface area (Å²) < 4.78 is 17.7. The molecule has 1 rings (SSSR count). The van der Waals surface area contributed by atoms with Gasteiger partial charge in [-0.15, -0.1) is 0 Å². The smallest absolute Gasteiger partial charge is 0.381 e. The molecule has 1 unspecified atom stereocenters. The number of carboxylic acids is 1. The highest BCUT2D eigenvalue weighted by Crippen LogP contribution is 2.11. The van der Waals surface area contributed by atoms with Crippen molar-refractivity contribution in [3.8, 4) is 17.6 Å². The molecule has 0 saturated heterocycles. The fourth-order valence-electron chi connectivity index (χ4n) is 1.03. The standard InChI is InChI=1S/C12H11FO4/c13-9-4-6-11(7-5-9)17-8-10(14)2-1-3-12(15)16/h4-7,10,14H,2,8H2,(H,15,16). The zero-order valence-corrected chi connectivity index (χ0v) is 8.89. The normalized spacial score (nSPS) is 11.2. The van der Waals surface area contributed by atoms with Crippen LogP contribution >= 0.6 is 0 Å². The van der Waals surface area contributed by atoms with Gasteiger partial charge in [-0.05, 0) is 24.3 Å². The number of rotatable bonds is 4. The molecule has 4 nitrogen and oxygen atoms in total. The first-order valence-electron chi connectivity index (χ1n) is 4.86. The monoisotopic (exact) mass is 238 g/mol. The van der Waals surface area contributed by atoms with Gasteiger partial charge in [-0.2, -0.15) is 0 Å². The summed E-state index contributed by atoms with van der Waals surface area (Å²) in [6.07, 6.45) is -0.875. The first-order valence-corrected chi connectivity index (χ1v) is 4.86. The van der Waals surface area contributed by atoms with Crippen molar-refractivity contribution in [2.75, 3.05) is 6.61 Å². The molecule has 2 N–H and O–H groups in total. The molecule has 17 heavy (non-hydrogen) atoms. The van der Waals surface area contributed by atoms with Gasteiger partial charge in [0.25, 0.3) is 0 Å². The maximum atomic E-state index is 12.5. The highest BCUT2D eigenvalue weighted by atomic mass is 19.1. The van der Waals surface area contributed by atoms with Crippen LogP contribution in [0.1, 0.15) is 6.42 Å². The second kappa shape index (κ2) is 6.51. The largest absolute Gasteiger partial charge is 0.491 e. The summed E-state index contributed by atoms with van der Waals surface area (Å²) in [5.41, 5.74) is 0. The van der Waals surface area contributed by atoms with Crippen LogP contribution in [0.2, 0.25) is 0 Å². The van der Waals surface area contributed by atoms with E-state index in [1.54, 1.807) is 0 Å². The molecule has 5 heteroatoms. The summed E-state index contributed by atoms with van der Waals surface area (Å²) in [6, 6.07) is 5.36. The van der Waals surface area contributed by atoms with Crippen molar-refractivity contribution in [3.05, 3.63) is 30.1 Å². The third-order valence-corrected chi connectivity index (χ3v) is 1.79. The van der Waals surface area contributed by atoms with Gasteiger partial charge in [-0.25, -0.2) is 9.18 Å². The van der Waals surface area contributed by atoms with Crippen LogP contribution < -0.4 is 4.74 Å². The molecule has 0 aliphatic carbocycles.